The van der Waals surface area contributed by atoms with E-state index >= 15 is 0 Å². The molecule has 0 atom stereocenters. The van der Waals surface area contributed by atoms with Crippen molar-refractivity contribution < 1.29 is 4.74 Å². The summed E-state index contributed by atoms with van der Waals surface area (Å²) in [5.41, 5.74) is 1.14. The zero-order valence-electron chi connectivity index (χ0n) is 10.2. The van der Waals surface area contributed by atoms with E-state index in [0.29, 0.717) is 5.92 Å². The third kappa shape index (κ3) is 5.20. The minimum absolute atomic E-state index is 0.0838. The van der Waals surface area contributed by atoms with Gasteiger partial charge in [-0.1, -0.05) is 29.8 Å². The van der Waals surface area contributed by atoms with Gasteiger partial charge in [0.05, 0.1) is 0 Å². The molecule has 17 heavy (non-hydrogen) atoms. The van der Waals surface area contributed by atoms with Crippen LogP contribution in [-0.2, 0) is 6.54 Å². The average molecular weight is 297 g/mol. The van der Waals surface area contributed by atoms with Crippen LogP contribution in [0, 0.1) is 17.2 Å². The Bertz CT molecular complexity index is 399. The van der Waals surface area contributed by atoms with Crippen molar-refractivity contribution in [2.75, 3.05) is 13.2 Å². The molecule has 1 aromatic carbocycles. The van der Waals surface area contributed by atoms with Crippen molar-refractivity contribution in [1.29, 1.82) is 5.26 Å². The lowest BCUT2D eigenvalue weighted by atomic mass is 10.2. The lowest BCUT2D eigenvalue weighted by Crippen LogP contribution is -2.19. The molecule has 0 heterocycles. The Morgan fingerprint density at radius 3 is 2.88 bits per heavy atom. The van der Waals surface area contributed by atoms with Crippen molar-refractivity contribution in [3.63, 3.8) is 0 Å². The number of benzene rings is 1. The smallest absolute Gasteiger partial charge is 0.174 e. The third-order valence-corrected chi connectivity index (χ3v) is 2.96. The van der Waals surface area contributed by atoms with Gasteiger partial charge in [-0.05, 0) is 36.2 Å². The van der Waals surface area contributed by atoms with Crippen molar-refractivity contribution in [1.82, 2.24) is 5.32 Å². The lowest BCUT2D eigenvalue weighted by Gasteiger charge is -2.10. The van der Waals surface area contributed by atoms with Gasteiger partial charge in [-0.15, -0.1) is 0 Å². The zero-order chi connectivity index (χ0) is 12.7. The van der Waals surface area contributed by atoms with Gasteiger partial charge in [0.25, 0.3) is 0 Å². The summed E-state index contributed by atoms with van der Waals surface area (Å²) in [6.45, 7) is 6.21. The van der Waals surface area contributed by atoms with Gasteiger partial charge in [-0.2, -0.15) is 5.26 Å². The highest BCUT2D eigenvalue weighted by atomic mass is 79.9. The van der Waals surface area contributed by atoms with Crippen LogP contribution in [0.3, 0.4) is 0 Å². The second kappa shape index (κ2) is 7.31. The Hall–Kier alpha value is -1.05. The zero-order valence-corrected chi connectivity index (χ0v) is 11.8. The van der Waals surface area contributed by atoms with Crippen LogP contribution in [0.15, 0.2) is 22.7 Å². The molecular formula is C13H17BrN2O. The highest BCUT2D eigenvalue weighted by Gasteiger charge is 2.03. The molecule has 0 unspecified atom stereocenters. The largest absolute Gasteiger partial charge is 0.479 e. The van der Waals surface area contributed by atoms with E-state index in [4.69, 9.17) is 10.00 Å². The van der Waals surface area contributed by atoms with Crippen LogP contribution in [0.4, 0.5) is 0 Å². The maximum Gasteiger partial charge on any atom is 0.174 e. The van der Waals surface area contributed by atoms with E-state index in [-0.39, 0.29) is 6.61 Å². The molecule has 1 N–H and O–H groups in total. The first-order chi connectivity index (χ1) is 8.13. The summed E-state index contributed by atoms with van der Waals surface area (Å²) in [5, 5.41) is 11.8. The van der Waals surface area contributed by atoms with Crippen LogP contribution < -0.4 is 10.1 Å². The second-order valence-electron chi connectivity index (χ2n) is 4.22. The van der Waals surface area contributed by atoms with Crippen molar-refractivity contribution >= 4 is 15.9 Å². The average Bonchev–Trinajstić information content (AvgIpc) is 2.29. The number of ether oxygens (including phenoxy) is 1. The van der Waals surface area contributed by atoms with E-state index < -0.39 is 0 Å². The van der Waals surface area contributed by atoms with Gasteiger partial charge in [0, 0.05) is 11.0 Å². The summed E-state index contributed by atoms with van der Waals surface area (Å²) in [6.07, 6.45) is 0. The third-order valence-electron chi connectivity index (χ3n) is 2.19. The fourth-order valence-corrected chi connectivity index (χ4v) is 1.77. The number of nitrogens with one attached hydrogen (secondary N) is 1. The molecule has 3 nitrogen and oxygen atoms in total. The molecule has 0 aliphatic rings. The summed E-state index contributed by atoms with van der Waals surface area (Å²) in [6, 6.07) is 7.71. The molecule has 92 valence electrons. The molecule has 0 spiro atoms. The lowest BCUT2D eigenvalue weighted by molar-refractivity contribution is 0.367. The molecule has 0 aliphatic carbocycles. The number of hydrogen-bond acceptors (Lipinski definition) is 3. The fourth-order valence-electron chi connectivity index (χ4n) is 1.39. The van der Waals surface area contributed by atoms with Crippen LogP contribution in [-0.4, -0.2) is 13.2 Å². The summed E-state index contributed by atoms with van der Waals surface area (Å²) in [5.74, 6) is 1.36. The number of hydrogen-bond donors (Lipinski definition) is 1. The second-order valence-corrected chi connectivity index (χ2v) is 5.08. The van der Waals surface area contributed by atoms with Crippen molar-refractivity contribution in [2.45, 2.75) is 20.4 Å². The predicted molar refractivity (Wildman–Crippen MR) is 71.8 cm³/mol. The topological polar surface area (TPSA) is 45.0 Å². The Kier molecular flexibility index (Phi) is 6.03. The number of halogens is 1. The van der Waals surface area contributed by atoms with E-state index in [1.165, 1.54) is 0 Å². The maximum absolute atomic E-state index is 8.46. The van der Waals surface area contributed by atoms with Crippen LogP contribution >= 0.6 is 15.9 Å². The molecule has 1 aromatic rings. The molecule has 0 bridgehead atoms. The Labute approximate surface area is 111 Å². The minimum Gasteiger partial charge on any atom is -0.479 e. The highest BCUT2D eigenvalue weighted by Crippen LogP contribution is 2.22. The molecule has 4 heteroatoms. The van der Waals surface area contributed by atoms with Crippen LogP contribution in [0.25, 0.3) is 0 Å². The molecule has 0 fully saturated rings. The van der Waals surface area contributed by atoms with Crippen LogP contribution in [0.5, 0.6) is 5.75 Å². The fraction of sp³-hybridized carbons (Fsp3) is 0.462. The molecule has 0 amide bonds. The summed E-state index contributed by atoms with van der Waals surface area (Å²) in [7, 11) is 0. The van der Waals surface area contributed by atoms with Gasteiger partial charge >= 0.3 is 0 Å². The van der Waals surface area contributed by atoms with Crippen LogP contribution in [0.2, 0.25) is 0 Å². The van der Waals surface area contributed by atoms with E-state index in [1.54, 1.807) is 0 Å². The first kappa shape index (κ1) is 14.0. The van der Waals surface area contributed by atoms with E-state index in [2.05, 4.69) is 35.1 Å². The van der Waals surface area contributed by atoms with Gasteiger partial charge < -0.3 is 10.1 Å². The Morgan fingerprint density at radius 1 is 1.47 bits per heavy atom. The van der Waals surface area contributed by atoms with Crippen LogP contribution in [0.1, 0.15) is 19.4 Å². The van der Waals surface area contributed by atoms with E-state index in [0.717, 1.165) is 28.9 Å². The van der Waals surface area contributed by atoms with E-state index in [1.807, 2.05) is 24.3 Å². The van der Waals surface area contributed by atoms with Gasteiger partial charge in [-0.3, -0.25) is 0 Å². The Balaban J connectivity index is 2.60. The minimum atomic E-state index is 0.0838. The van der Waals surface area contributed by atoms with E-state index in [9.17, 15) is 0 Å². The van der Waals surface area contributed by atoms with Gasteiger partial charge in [0.15, 0.2) is 6.61 Å². The summed E-state index contributed by atoms with van der Waals surface area (Å²) >= 11 is 3.51. The quantitative estimate of drug-likeness (QED) is 0.877. The molecule has 0 saturated heterocycles. The van der Waals surface area contributed by atoms with Gasteiger partial charge in [-0.25, -0.2) is 0 Å². The first-order valence-electron chi connectivity index (χ1n) is 5.62. The van der Waals surface area contributed by atoms with Gasteiger partial charge in [0.1, 0.15) is 11.8 Å². The monoisotopic (exact) mass is 296 g/mol. The first-order valence-corrected chi connectivity index (χ1v) is 6.41. The molecule has 0 aliphatic heterocycles. The molecular weight excluding hydrogens is 280 g/mol. The molecule has 0 saturated carbocycles. The number of rotatable bonds is 6. The summed E-state index contributed by atoms with van der Waals surface area (Å²) < 4.78 is 6.32. The van der Waals surface area contributed by atoms with Gasteiger partial charge in [0.2, 0.25) is 0 Å². The molecule has 0 radical (unpaired) electrons. The molecule has 0 aromatic heterocycles. The molecule has 1 rings (SSSR count). The summed E-state index contributed by atoms with van der Waals surface area (Å²) in [4.78, 5) is 0. The van der Waals surface area contributed by atoms with Crippen molar-refractivity contribution in [3.05, 3.63) is 28.2 Å². The number of nitrogens with zero attached hydrogens (tertiary/aromatic N) is 1. The SMILES string of the molecule is CC(C)CNCc1cc(OCC#N)ccc1Br. The maximum atomic E-state index is 8.46. The van der Waals surface area contributed by atoms with Crippen molar-refractivity contribution in [2.24, 2.45) is 5.92 Å². The standard InChI is InChI=1S/C13H17BrN2O/c1-10(2)8-16-9-11-7-12(17-6-5-15)3-4-13(11)14/h3-4,7,10,16H,6,8-9H2,1-2H3. The number of nitriles is 1. The predicted octanol–water partition coefficient (Wildman–Crippen LogP) is 3.10. The highest BCUT2D eigenvalue weighted by molar-refractivity contribution is 9.10. The van der Waals surface area contributed by atoms with Crippen molar-refractivity contribution in [3.8, 4) is 11.8 Å². The normalized spacial score (nSPS) is 10.3. The Morgan fingerprint density at radius 2 is 2.24 bits per heavy atom.